The fourth-order valence-electron chi connectivity index (χ4n) is 4.33. The van der Waals surface area contributed by atoms with E-state index >= 15 is 0 Å². The van der Waals surface area contributed by atoms with Gasteiger partial charge in [0.05, 0.1) is 0 Å². The van der Waals surface area contributed by atoms with E-state index < -0.39 is 40.6 Å². The van der Waals surface area contributed by atoms with Crippen LogP contribution in [0.2, 0.25) is 0 Å². The Kier molecular flexibility index (Phi) is 13.3. The Morgan fingerprint density at radius 3 is 1.52 bits per heavy atom. The molecule has 0 bridgehead atoms. The van der Waals surface area contributed by atoms with Gasteiger partial charge in [-0.05, 0) is 26.2 Å². The first-order chi connectivity index (χ1) is 14.6. The van der Waals surface area contributed by atoms with Crippen molar-refractivity contribution in [1.82, 2.24) is 0 Å². The molecule has 0 spiro atoms. The molecular formula is C23H40O8. The third-order valence-electron chi connectivity index (χ3n) is 5.99. The highest BCUT2D eigenvalue weighted by Crippen LogP contribution is 2.49. The molecule has 0 aromatic carbocycles. The highest BCUT2D eigenvalue weighted by atomic mass is 16.5. The number of carboxylic acid groups (broad SMARTS) is 3. The summed E-state index contributed by atoms with van der Waals surface area (Å²) in [6.45, 7) is 6.66. The lowest BCUT2D eigenvalue weighted by Crippen LogP contribution is -2.67. The molecule has 0 heterocycles. The number of unbranched alkanes of at least 4 members (excludes halogenated alkanes) is 6. The van der Waals surface area contributed by atoms with Crippen molar-refractivity contribution in [2.75, 3.05) is 6.61 Å². The number of ether oxygens (including phenoxy) is 1. The van der Waals surface area contributed by atoms with Gasteiger partial charge in [-0.25, -0.2) is 4.79 Å². The molecule has 3 N–H and O–H groups in total. The van der Waals surface area contributed by atoms with E-state index in [4.69, 9.17) is 4.74 Å². The first kappa shape index (κ1) is 29.0. The van der Waals surface area contributed by atoms with Gasteiger partial charge in [-0.15, -0.1) is 0 Å². The second kappa shape index (κ2) is 14.2. The first-order valence-corrected chi connectivity index (χ1v) is 11.4. The average molecular weight is 445 g/mol. The summed E-state index contributed by atoms with van der Waals surface area (Å²) in [4.78, 5) is 50.1. The van der Waals surface area contributed by atoms with Gasteiger partial charge >= 0.3 is 17.9 Å². The number of carboxylic acids is 3. The Morgan fingerprint density at radius 1 is 0.742 bits per heavy atom. The first-order valence-electron chi connectivity index (χ1n) is 11.4. The van der Waals surface area contributed by atoms with E-state index in [1.165, 1.54) is 0 Å². The van der Waals surface area contributed by atoms with Crippen LogP contribution in [0.25, 0.3) is 0 Å². The molecule has 0 aliphatic heterocycles. The maximum atomic E-state index is 12.8. The molecule has 0 radical (unpaired) electrons. The molecule has 8 nitrogen and oxygen atoms in total. The van der Waals surface area contributed by atoms with E-state index in [9.17, 15) is 34.5 Å². The summed E-state index contributed by atoms with van der Waals surface area (Å²) in [5, 5.41) is 30.6. The molecule has 0 aliphatic rings. The number of ketones is 1. The predicted octanol–water partition coefficient (Wildman–Crippen LogP) is 4.54. The summed E-state index contributed by atoms with van der Waals surface area (Å²) in [6, 6.07) is 0. The third-order valence-corrected chi connectivity index (χ3v) is 5.99. The van der Waals surface area contributed by atoms with E-state index in [-0.39, 0.29) is 19.4 Å². The van der Waals surface area contributed by atoms with Crippen molar-refractivity contribution in [3.05, 3.63) is 0 Å². The van der Waals surface area contributed by atoms with Gasteiger partial charge in [0, 0.05) is 6.61 Å². The molecule has 0 saturated heterocycles. The number of Topliss-reactive ketones (excluding diaryl/α,β-unsaturated/α-hetero) is 1. The highest BCUT2D eigenvalue weighted by Gasteiger charge is 2.69. The summed E-state index contributed by atoms with van der Waals surface area (Å²) >= 11 is 0. The standard InChI is InChI=1S/C23H40O8/c1-5-8-11-14-22(20(27)28,15-12-9-6-2)23(21(29)30,31-16-13-10-7-3)18(17(4)24)19(25)26/h18H,5-16H2,1-4H3,(H,25,26)(H,27,28)(H,29,30). The normalized spacial score (nSPS) is 14.6. The molecule has 31 heavy (non-hydrogen) atoms. The molecule has 0 aromatic rings. The maximum Gasteiger partial charge on any atom is 0.338 e. The zero-order valence-corrected chi connectivity index (χ0v) is 19.4. The lowest BCUT2D eigenvalue weighted by molar-refractivity contribution is -0.219. The number of hydrogen-bond donors (Lipinski definition) is 3. The summed E-state index contributed by atoms with van der Waals surface area (Å²) in [5.74, 6) is -7.86. The van der Waals surface area contributed by atoms with Crippen LogP contribution >= 0.6 is 0 Å². The van der Waals surface area contributed by atoms with Crippen LogP contribution in [0.5, 0.6) is 0 Å². The molecule has 180 valence electrons. The van der Waals surface area contributed by atoms with Crippen LogP contribution in [-0.4, -0.2) is 51.2 Å². The summed E-state index contributed by atoms with van der Waals surface area (Å²) in [6.07, 6.45) is 5.48. The van der Waals surface area contributed by atoms with Crippen molar-refractivity contribution >= 4 is 23.7 Å². The number of hydrogen-bond acceptors (Lipinski definition) is 5. The molecule has 0 aromatic heterocycles. The zero-order chi connectivity index (χ0) is 24.1. The molecule has 0 fully saturated rings. The fraction of sp³-hybridized carbons (Fsp3) is 0.826. The van der Waals surface area contributed by atoms with Gasteiger partial charge in [-0.3, -0.25) is 14.4 Å². The fourth-order valence-corrected chi connectivity index (χ4v) is 4.33. The van der Waals surface area contributed by atoms with Gasteiger partial charge in [-0.2, -0.15) is 0 Å². The third kappa shape index (κ3) is 7.02. The lowest BCUT2D eigenvalue weighted by Gasteiger charge is -2.47. The number of aliphatic carboxylic acids is 3. The smallest absolute Gasteiger partial charge is 0.338 e. The lowest BCUT2D eigenvalue weighted by atomic mass is 9.59. The number of rotatable bonds is 19. The Labute approximate surface area is 185 Å². The van der Waals surface area contributed by atoms with Crippen LogP contribution in [0.1, 0.15) is 98.3 Å². The van der Waals surface area contributed by atoms with Crippen LogP contribution in [-0.2, 0) is 23.9 Å². The molecule has 0 amide bonds. The van der Waals surface area contributed by atoms with Crippen molar-refractivity contribution in [2.45, 2.75) is 104 Å². The summed E-state index contributed by atoms with van der Waals surface area (Å²) in [7, 11) is 0. The molecule has 2 atom stereocenters. The van der Waals surface area contributed by atoms with Gasteiger partial charge in [0.2, 0.25) is 5.60 Å². The van der Waals surface area contributed by atoms with Crippen molar-refractivity contribution < 1.29 is 39.2 Å². The molecule has 0 aliphatic carbocycles. The van der Waals surface area contributed by atoms with Gasteiger partial charge in [-0.1, -0.05) is 72.1 Å². The van der Waals surface area contributed by atoms with E-state index in [0.717, 1.165) is 26.2 Å². The van der Waals surface area contributed by atoms with Crippen molar-refractivity contribution in [1.29, 1.82) is 0 Å². The maximum absolute atomic E-state index is 12.8. The second-order valence-corrected chi connectivity index (χ2v) is 8.28. The van der Waals surface area contributed by atoms with Crippen LogP contribution < -0.4 is 0 Å². The Bertz CT molecular complexity index is 576. The molecule has 2 unspecified atom stereocenters. The second-order valence-electron chi connectivity index (χ2n) is 8.28. The topological polar surface area (TPSA) is 138 Å². The number of carbonyl (C=O) groups is 4. The summed E-state index contributed by atoms with van der Waals surface area (Å²) < 4.78 is 5.78. The predicted molar refractivity (Wildman–Crippen MR) is 116 cm³/mol. The van der Waals surface area contributed by atoms with Gasteiger partial charge < -0.3 is 20.1 Å². The minimum Gasteiger partial charge on any atom is -0.481 e. The van der Waals surface area contributed by atoms with Crippen molar-refractivity contribution in [2.24, 2.45) is 11.3 Å². The highest BCUT2D eigenvalue weighted by molar-refractivity contribution is 6.06. The van der Waals surface area contributed by atoms with Crippen LogP contribution in [0.15, 0.2) is 0 Å². The monoisotopic (exact) mass is 444 g/mol. The largest absolute Gasteiger partial charge is 0.481 e. The van der Waals surface area contributed by atoms with Gasteiger partial charge in [0.25, 0.3) is 0 Å². The van der Waals surface area contributed by atoms with Gasteiger partial charge in [0.15, 0.2) is 5.92 Å². The molecule has 0 rings (SSSR count). The minimum atomic E-state index is -2.69. The van der Waals surface area contributed by atoms with Crippen LogP contribution in [0.4, 0.5) is 0 Å². The van der Waals surface area contributed by atoms with E-state index in [1.807, 2.05) is 20.8 Å². The number of carbonyl (C=O) groups excluding carboxylic acids is 1. The SMILES string of the molecule is CCCCCOC(C(=O)O)(C(C(C)=O)C(=O)O)C(CCCCC)(CCCCC)C(=O)O. The van der Waals surface area contributed by atoms with Crippen LogP contribution in [0.3, 0.4) is 0 Å². The zero-order valence-electron chi connectivity index (χ0n) is 19.4. The van der Waals surface area contributed by atoms with Crippen LogP contribution in [0, 0.1) is 11.3 Å². The van der Waals surface area contributed by atoms with E-state index in [1.54, 1.807) is 0 Å². The minimum absolute atomic E-state index is 0.0724. The Hall–Kier alpha value is -1.96. The quantitative estimate of drug-likeness (QED) is 0.195. The van der Waals surface area contributed by atoms with E-state index in [0.29, 0.717) is 38.5 Å². The Morgan fingerprint density at radius 2 is 1.19 bits per heavy atom. The van der Waals surface area contributed by atoms with E-state index in [2.05, 4.69) is 0 Å². The molecule has 0 saturated carbocycles. The van der Waals surface area contributed by atoms with Crippen molar-refractivity contribution in [3.8, 4) is 0 Å². The Balaban J connectivity index is 6.86. The summed E-state index contributed by atoms with van der Waals surface area (Å²) in [5.41, 5.74) is -4.73. The molecular weight excluding hydrogens is 404 g/mol. The molecule has 8 heteroatoms. The van der Waals surface area contributed by atoms with Crippen molar-refractivity contribution in [3.63, 3.8) is 0 Å². The average Bonchev–Trinajstić information content (AvgIpc) is 2.68. The van der Waals surface area contributed by atoms with Gasteiger partial charge in [0.1, 0.15) is 11.2 Å².